The van der Waals surface area contributed by atoms with Crippen LogP contribution < -0.4 is 5.32 Å². The second-order valence-corrected chi connectivity index (χ2v) is 19.0. The molecular weight excluding hydrogens is 839 g/mol. The summed E-state index contributed by atoms with van der Waals surface area (Å²) in [7, 11) is 0. The summed E-state index contributed by atoms with van der Waals surface area (Å²) in [5, 5.41) is 23.9. The maximum absolute atomic E-state index is 13.3. The Morgan fingerprint density at radius 3 is 1.37 bits per heavy atom. The Morgan fingerprint density at radius 2 is 0.868 bits per heavy atom. The minimum atomic E-state index is -0.806. The first-order valence-corrected chi connectivity index (χ1v) is 28.5. The molecule has 6 heteroatoms. The third kappa shape index (κ3) is 49.2. The number of hydrogen-bond donors (Lipinski definition) is 3. The number of esters is 1. The van der Waals surface area contributed by atoms with E-state index in [1.807, 2.05) is 0 Å². The van der Waals surface area contributed by atoms with Gasteiger partial charge in [-0.2, -0.15) is 0 Å². The first-order valence-electron chi connectivity index (χ1n) is 28.5. The minimum absolute atomic E-state index is 0.0455. The van der Waals surface area contributed by atoms with E-state index in [9.17, 15) is 19.8 Å². The zero-order chi connectivity index (χ0) is 49.5. The minimum Gasteiger partial charge on any atom is -0.462 e. The number of aliphatic hydroxyl groups is 2. The van der Waals surface area contributed by atoms with Gasteiger partial charge in [0.2, 0.25) is 5.91 Å². The molecule has 0 radical (unpaired) electrons. The molecule has 0 rings (SSSR count). The highest BCUT2D eigenvalue weighted by molar-refractivity contribution is 5.77. The van der Waals surface area contributed by atoms with Crippen LogP contribution in [0.25, 0.3) is 0 Å². The Kier molecular flexibility index (Phi) is 52.1. The Labute approximate surface area is 420 Å². The molecule has 1 amide bonds. The average Bonchev–Trinajstić information content (AvgIpc) is 3.33. The fourth-order valence-electron chi connectivity index (χ4n) is 8.22. The molecule has 0 fully saturated rings. The van der Waals surface area contributed by atoms with Crippen LogP contribution in [0.15, 0.2) is 97.2 Å². The topological polar surface area (TPSA) is 95.9 Å². The van der Waals surface area contributed by atoms with Gasteiger partial charge in [-0.05, 0) is 89.9 Å². The first-order chi connectivity index (χ1) is 33.5. The summed E-state index contributed by atoms with van der Waals surface area (Å²) >= 11 is 0. The van der Waals surface area contributed by atoms with Crippen molar-refractivity contribution in [2.45, 2.75) is 277 Å². The van der Waals surface area contributed by atoms with Gasteiger partial charge < -0.3 is 20.3 Å². The van der Waals surface area contributed by atoms with Gasteiger partial charge in [0.15, 0.2) is 0 Å². The molecule has 0 aromatic heterocycles. The zero-order valence-electron chi connectivity index (χ0n) is 44.5. The molecule has 0 spiro atoms. The number of rotatable bonds is 50. The summed E-state index contributed by atoms with van der Waals surface area (Å²) in [5.74, 6) is -0.535. The van der Waals surface area contributed by atoms with Crippen LogP contribution in [0.2, 0.25) is 0 Å². The van der Waals surface area contributed by atoms with Gasteiger partial charge in [-0.1, -0.05) is 253 Å². The highest BCUT2D eigenvalue weighted by Gasteiger charge is 2.24. The Bertz CT molecular complexity index is 1340. The standard InChI is InChI=1S/C62H107NO5/c1-4-7-10-13-16-19-22-25-27-29-30-32-34-37-40-43-46-49-52-55-62(67)68-58(53-50-47-44-41-38-35-24-21-18-15-12-9-6-3)56-61(66)63-59(57-64)60(65)54-51-48-45-42-39-36-33-31-28-26-23-20-17-14-11-8-5-2/h7,9-10,12,15-16,18-19,21,24-25,27,30,32,37,40,58-60,64-65H,4-6,8,11,13-14,17,20,22-23,26,28-29,31,33-36,38-39,41-57H2,1-3H3,(H,63,66)/b10-7-,12-9+,18-15+,19-16-,24-21+,27-25-,32-30-,40-37-. The van der Waals surface area contributed by atoms with E-state index in [-0.39, 0.29) is 24.9 Å². The van der Waals surface area contributed by atoms with Crippen LogP contribution in [0.4, 0.5) is 0 Å². The lowest BCUT2D eigenvalue weighted by molar-refractivity contribution is -0.151. The van der Waals surface area contributed by atoms with E-state index in [4.69, 9.17) is 4.74 Å². The van der Waals surface area contributed by atoms with Gasteiger partial charge in [-0.25, -0.2) is 0 Å². The van der Waals surface area contributed by atoms with E-state index in [1.54, 1.807) is 0 Å². The molecule has 0 aromatic rings. The zero-order valence-corrected chi connectivity index (χ0v) is 44.5. The van der Waals surface area contributed by atoms with Crippen molar-refractivity contribution >= 4 is 11.9 Å². The largest absolute Gasteiger partial charge is 0.462 e. The molecule has 0 bridgehead atoms. The Balaban J connectivity index is 4.60. The molecule has 0 saturated carbocycles. The molecule has 68 heavy (non-hydrogen) atoms. The maximum Gasteiger partial charge on any atom is 0.306 e. The number of nitrogens with one attached hydrogen (secondary N) is 1. The van der Waals surface area contributed by atoms with Gasteiger partial charge in [0, 0.05) is 6.42 Å². The molecule has 3 N–H and O–H groups in total. The number of hydrogen-bond acceptors (Lipinski definition) is 5. The van der Waals surface area contributed by atoms with Gasteiger partial charge in [0.1, 0.15) is 6.10 Å². The third-order valence-electron chi connectivity index (χ3n) is 12.5. The van der Waals surface area contributed by atoms with Crippen molar-refractivity contribution in [2.24, 2.45) is 0 Å². The lowest BCUT2D eigenvalue weighted by Gasteiger charge is -2.24. The van der Waals surface area contributed by atoms with Crippen LogP contribution in [-0.4, -0.2) is 46.9 Å². The van der Waals surface area contributed by atoms with Crippen molar-refractivity contribution in [1.82, 2.24) is 5.32 Å². The lowest BCUT2D eigenvalue weighted by Crippen LogP contribution is -2.46. The number of carbonyl (C=O) groups excluding carboxylic acids is 2. The van der Waals surface area contributed by atoms with Gasteiger partial charge in [0.25, 0.3) is 0 Å². The van der Waals surface area contributed by atoms with Gasteiger partial charge in [-0.3, -0.25) is 9.59 Å². The summed E-state index contributed by atoms with van der Waals surface area (Å²) < 4.78 is 5.93. The van der Waals surface area contributed by atoms with Crippen molar-refractivity contribution in [2.75, 3.05) is 6.61 Å². The number of carbonyl (C=O) groups is 2. The van der Waals surface area contributed by atoms with Crippen molar-refractivity contribution in [1.29, 1.82) is 0 Å². The summed E-state index contributed by atoms with van der Waals surface area (Å²) in [6.07, 6.45) is 73.3. The van der Waals surface area contributed by atoms with Crippen LogP contribution in [0.5, 0.6) is 0 Å². The van der Waals surface area contributed by atoms with Crippen LogP contribution in [-0.2, 0) is 14.3 Å². The van der Waals surface area contributed by atoms with E-state index in [0.29, 0.717) is 19.3 Å². The van der Waals surface area contributed by atoms with Gasteiger partial charge in [0.05, 0.1) is 25.2 Å². The predicted octanol–water partition coefficient (Wildman–Crippen LogP) is 17.7. The smallest absolute Gasteiger partial charge is 0.306 e. The first kappa shape index (κ1) is 64.8. The number of ether oxygens (including phenoxy) is 1. The van der Waals surface area contributed by atoms with Crippen molar-refractivity contribution in [3.8, 4) is 0 Å². The van der Waals surface area contributed by atoms with Gasteiger partial charge in [-0.15, -0.1) is 0 Å². The normalized spacial score (nSPS) is 13.9. The van der Waals surface area contributed by atoms with Gasteiger partial charge >= 0.3 is 5.97 Å². The van der Waals surface area contributed by atoms with Crippen molar-refractivity contribution in [3.05, 3.63) is 97.2 Å². The summed E-state index contributed by atoms with van der Waals surface area (Å²) in [4.78, 5) is 26.3. The summed E-state index contributed by atoms with van der Waals surface area (Å²) in [5.41, 5.74) is 0. The monoisotopic (exact) mass is 946 g/mol. The highest BCUT2D eigenvalue weighted by Crippen LogP contribution is 2.18. The van der Waals surface area contributed by atoms with E-state index in [1.165, 1.54) is 89.9 Å². The third-order valence-corrected chi connectivity index (χ3v) is 12.5. The SMILES string of the molecule is CC/C=C\C/C=C\C/C=C\C/C=C\C/C=C\CCCCCC(=O)OC(CCCCCCC/C=C/C=C/C=C/CC)CC(=O)NC(CO)C(O)CCCCCCCCCCCCCCCCCCC. The fraction of sp³-hybridized carbons (Fsp3) is 0.710. The van der Waals surface area contributed by atoms with E-state index < -0.39 is 18.2 Å². The second-order valence-electron chi connectivity index (χ2n) is 19.0. The summed E-state index contributed by atoms with van der Waals surface area (Å²) in [6, 6.07) is -0.722. The van der Waals surface area contributed by atoms with E-state index in [2.05, 4.69) is 123 Å². The van der Waals surface area contributed by atoms with E-state index >= 15 is 0 Å². The molecule has 0 heterocycles. The van der Waals surface area contributed by atoms with Crippen LogP contribution in [0.1, 0.15) is 258 Å². The average molecular weight is 947 g/mol. The molecule has 3 unspecified atom stereocenters. The second kappa shape index (κ2) is 54.7. The molecule has 390 valence electrons. The number of allylic oxidation sites excluding steroid dienone is 16. The Morgan fingerprint density at radius 1 is 0.456 bits per heavy atom. The van der Waals surface area contributed by atoms with Crippen LogP contribution in [0.3, 0.4) is 0 Å². The molecule has 3 atom stereocenters. The molecule has 0 aliphatic carbocycles. The molecule has 0 saturated heterocycles. The number of unbranched alkanes of at least 4 members (excludes halogenated alkanes) is 24. The number of amides is 1. The quantitative estimate of drug-likeness (QED) is 0.0244. The molecule has 0 aromatic carbocycles. The molecule has 0 aliphatic rings. The molecule has 6 nitrogen and oxygen atoms in total. The van der Waals surface area contributed by atoms with Crippen LogP contribution in [0, 0.1) is 0 Å². The van der Waals surface area contributed by atoms with Crippen molar-refractivity contribution in [3.63, 3.8) is 0 Å². The Hall–Kier alpha value is -3.22. The maximum atomic E-state index is 13.3. The highest BCUT2D eigenvalue weighted by atomic mass is 16.5. The number of aliphatic hydroxyl groups excluding tert-OH is 2. The predicted molar refractivity (Wildman–Crippen MR) is 296 cm³/mol. The molecular formula is C62H107NO5. The lowest BCUT2D eigenvalue weighted by atomic mass is 10.0. The van der Waals surface area contributed by atoms with E-state index in [0.717, 1.165) is 122 Å². The fourth-order valence-corrected chi connectivity index (χ4v) is 8.22. The van der Waals surface area contributed by atoms with Crippen molar-refractivity contribution < 1.29 is 24.5 Å². The summed E-state index contributed by atoms with van der Waals surface area (Å²) in [6.45, 7) is 6.24. The van der Waals surface area contributed by atoms with Crippen LogP contribution >= 0.6 is 0 Å². The molecule has 0 aliphatic heterocycles.